The summed E-state index contributed by atoms with van der Waals surface area (Å²) in [5.41, 5.74) is 4.91. The first-order chi connectivity index (χ1) is 13.5. The SMILES string of the molecule is Cc1ccccc1C(=O)ONc1ccc(N=NC(=O)c2ccccc2O)cc1. The number of hydrogen-bond acceptors (Lipinski definition) is 6. The van der Waals surface area contributed by atoms with Gasteiger partial charge in [-0.15, -0.1) is 10.2 Å². The molecule has 3 rings (SSSR count). The van der Waals surface area contributed by atoms with Crippen LogP contribution >= 0.6 is 0 Å². The van der Waals surface area contributed by atoms with Gasteiger partial charge < -0.3 is 9.94 Å². The lowest BCUT2D eigenvalue weighted by atomic mass is 10.1. The second-order valence-electron chi connectivity index (χ2n) is 5.88. The molecule has 0 saturated heterocycles. The van der Waals surface area contributed by atoms with Gasteiger partial charge in [0, 0.05) is 0 Å². The molecular weight excluding hydrogens is 358 g/mol. The highest BCUT2D eigenvalue weighted by molar-refractivity contribution is 5.97. The molecular formula is C21H17N3O4. The van der Waals surface area contributed by atoms with Gasteiger partial charge in [0.1, 0.15) is 5.75 Å². The van der Waals surface area contributed by atoms with E-state index in [1.54, 1.807) is 48.5 Å². The molecule has 7 heteroatoms. The Morgan fingerprint density at radius 1 is 0.893 bits per heavy atom. The lowest BCUT2D eigenvalue weighted by Crippen LogP contribution is -2.11. The van der Waals surface area contributed by atoms with Crippen LogP contribution in [0.15, 0.2) is 83.0 Å². The van der Waals surface area contributed by atoms with E-state index >= 15 is 0 Å². The van der Waals surface area contributed by atoms with Gasteiger partial charge in [-0.3, -0.25) is 4.79 Å². The predicted octanol–water partition coefficient (Wildman–Crippen LogP) is 4.81. The first-order valence-electron chi connectivity index (χ1n) is 8.41. The summed E-state index contributed by atoms with van der Waals surface area (Å²) in [7, 11) is 0. The minimum absolute atomic E-state index is 0.0765. The summed E-state index contributed by atoms with van der Waals surface area (Å²) in [6, 6.07) is 19.7. The van der Waals surface area contributed by atoms with E-state index in [4.69, 9.17) is 4.84 Å². The average Bonchev–Trinajstić information content (AvgIpc) is 2.71. The molecule has 0 atom stereocenters. The van der Waals surface area contributed by atoms with E-state index < -0.39 is 11.9 Å². The van der Waals surface area contributed by atoms with Crippen molar-refractivity contribution in [1.82, 2.24) is 0 Å². The summed E-state index contributed by atoms with van der Waals surface area (Å²) in [6.07, 6.45) is 0. The third-order valence-electron chi connectivity index (χ3n) is 3.88. The molecule has 0 aliphatic rings. The van der Waals surface area contributed by atoms with Crippen molar-refractivity contribution in [2.24, 2.45) is 10.2 Å². The van der Waals surface area contributed by atoms with Crippen LogP contribution in [0.2, 0.25) is 0 Å². The van der Waals surface area contributed by atoms with Crippen LogP contribution in [0.5, 0.6) is 5.75 Å². The van der Waals surface area contributed by atoms with Crippen LogP contribution in [-0.4, -0.2) is 17.0 Å². The van der Waals surface area contributed by atoms with Gasteiger partial charge in [0.25, 0.3) is 5.91 Å². The molecule has 0 saturated carbocycles. The lowest BCUT2D eigenvalue weighted by Gasteiger charge is -2.08. The van der Waals surface area contributed by atoms with Crippen molar-refractivity contribution in [3.8, 4) is 5.75 Å². The number of nitrogens with zero attached hydrogens (tertiary/aromatic N) is 2. The number of aryl methyl sites for hydroxylation is 1. The third kappa shape index (κ3) is 4.59. The Morgan fingerprint density at radius 2 is 1.54 bits per heavy atom. The van der Waals surface area contributed by atoms with Crippen LogP contribution in [0.25, 0.3) is 0 Å². The van der Waals surface area contributed by atoms with Gasteiger partial charge in [-0.05, 0) is 55.0 Å². The van der Waals surface area contributed by atoms with Crippen molar-refractivity contribution in [3.63, 3.8) is 0 Å². The highest BCUT2D eigenvalue weighted by Gasteiger charge is 2.10. The number of carbonyl (C=O) groups is 2. The second-order valence-corrected chi connectivity index (χ2v) is 5.88. The number of nitrogens with one attached hydrogen (secondary N) is 1. The highest BCUT2D eigenvalue weighted by Crippen LogP contribution is 2.20. The summed E-state index contributed by atoms with van der Waals surface area (Å²) in [6.45, 7) is 1.83. The van der Waals surface area contributed by atoms with E-state index in [9.17, 15) is 14.7 Å². The van der Waals surface area contributed by atoms with E-state index in [2.05, 4.69) is 15.7 Å². The molecule has 28 heavy (non-hydrogen) atoms. The molecule has 140 valence electrons. The number of azo groups is 1. The Morgan fingerprint density at radius 3 is 2.21 bits per heavy atom. The normalized spacial score (nSPS) is 10.6. The Bertz CT molecular complexity index is 1030. The topological polar surface area (TPSA) is 100 Å². The number of phenols is 1. The molecule has 1 amide bonds. The van der Waals surface area contributed by atoms with Crippen molar-refractivity contribution in [2.75, 3.05) is 5.48 Å². The lowest BCUT2D eigenvalue weighted by molar-refractivity contribution is 0.0595. The Balaban J connectivity index is 1.59. The smallest absolute Gasteiger partial charge is 0.363 e. The summed E-state index contributed by atoms with van der Waals surface area (Å²) >= 11 is 0. The van der Waals surface area contributed by atoms with Crippen LogP contribution in [0.3, 0.4) is 0 Å². The number of benzene rings is 3. The van der Waals surface area contributed by atoms with Gasteiger partial charge in [0.15, 0.2) is 0 Å². The fraction of sp³-hybridized carbons (Fsp3) is 0.0476. The van der Waals surface area contributed by atoms with Gasteiger partial charge in [0.2, 0.25) is 0 Å². The van der Waals surface area contributed by atoms with Gasteiger partial charge in [-0.2, -0.15) is 0 Å². The fourth-order valence-corrected chi connectivity index (χ4v) is 2.37. The number of amides is 1. The number of hydrogen-bond donors (Lipinski definition) is 2. The zero-order chi connectivity index (χ0) is 19.9. The number of rotatable bonds is 5. The largest absolute Gasteiger partial charge is 0.507 e. The highest BCUT2D eigenvalue weighted by atomic mass is 16.7. The maximum Gasteiger partial charge on any atom is 0.363 e. The molecule has 3 aromatic rings. The van der Waals surface area contributed by atoms with E-state index in [-0.39, 0.29) is 11.3 Å². The molecule has 0 aliphatic carbocycles. The molecule has 0 spiro atoms. The minimum Gasteiger partial charge on any atom is -0.507 e. The molecule has 0 fully saturated rings. The number of aromatic hydroxyl groups is 1. The molecule has 0 aliphatic heterocycles. The molecule has 3 aromatic carbocycles. The van der Waals surface area contributed by atoms with Crippen molar-refractivity contribution >= 4 is 23.3 Å². The monoisotopic (exact) mass is 375 g/mol. The zero-order valence-corrected chi connectivity index (χ0v) is 15.0. The maximum atomic E-state index is 12.1. The molecule has 0 heterocycles. The van der Waals surface area contributed by atoms with Gasteiger partial charge >= 0.3 is 5.97 Å². The number of phenolic OH excluding ortho intramolecular Hbond substituents is 1. The number of anilines is 1. The summed E-state index contributed by atoms with van der Waals surface area (Å²) in [5, 5.41) is 17.1. The summed E-state index contributed by atoms with van der Waals surface area (Å²) in [5.74, 6) is -1.29. The predicted molar refractivity (Wildman–Crippen MR) is 104 cm³/mol. The van der Waals surface area contributed by atoms with Crippen molar-refractivity contribution in [1.29, 1.82) is 0 Å². The Kier molecular flexibility index (Phi) is 5.76. The summed E-state index contributed by atoms with van der Waals surface area (Å²) < 4.78 is 0. The van der Waals surface area contributed by atoms with Crippen molar-refractivity contribution < 1.29 is 19.5 Å². The third-order valence-corrected chi connectivity index (χ3v) is 3.88. The van der Waals surface area contributed by atoms with Crippen molar-refractivity contribution in [2.45, 2.75) is 6.92 Å². The quantitative estimate of drug-likeness (QED) is 0.492. The van der Waals surface area contributed by atoms with E-state index in [1.165, 1.54) is 12.1 Å². The van der Waals surface area contributed by atoms with E-state index in [0.717, 1.165) is 5.56 Å². The molecule has 7 nitrogen and oxygen atoms in total. The van der Waals surface area contributed by atoms with E-state index in [1.807, 2.05) is 19.1 Å². The maximum absolute atomic E-state index is 12.1. The zero-order valence-electron chi connectivity index (χ0n) is 15.0. The number of carbonyl (C=O) groups excluding carboxylic acids is 2. The van der Waals surface area contributed by atoms with Crippen LogP contribution in [0.1, 0.15) is 26.3 Å². The average molecular weight is 375 g/mol. The Hall–Kier alpha value is -4.00. The van der Waals surface area contributed by atoms with Crippen LogP contribution in [0, 0.1) is 6.92 Å². The first-order valence-corrected chi connectivity index (χ1v) is 8.41. The van der Waals surface area contributed by atoms with Crippen molar-refractivity contribution in [3.05, 3.63) is 89.5 Å². The second kappa shape index (κ2) is 8.59. The van der Waals surface area contributed by atoms with Crippen LogP contribution in [0.4, 0.5) is 11.4 Å². The summed E-state index contributed by atoms with van der Waals surface area (Å²) in [4.78, 5) is 29.1. The molecule has 0 radical (unpaired) electrons. The van der Waals surface area contributed by atoms with E-state index in [0.29, 0.717) is 16.9 Å². The standard InChI is InChI=1S/C21H17N3O4/c1-14-6-2-3-7-17(14)21(27)28-24-16-12-10-15(11-13-16)22-23-20(26)18-8-4-5-9-19(18)25/h2-13,24-25H,1H3. The molecule has 0 unspecified atom stereocenters. The minimum atomic E-state index is -0.646. The van der Waals surface area contributed by atoms with Crippen LogP contribution in [-0.2, 0) is 4.84 Å². The number of para-hydroxylation sites is 1. The molecule has 2 N–H and O–H groups in total. The fourth-order valence-electron chi connectivity index (χ4n) is 2.37. The molecule has 0 bridgehead atoms. The molecule has 0 aromatic heterocycles. The van der Waals surface area contributed by atoms with Gasteiger partial charge in [-0.25, -0.2) is 10.3 Å². The first kappa shape index (κ1) is 18.8. The van der Waals surface area contributed by atoms with Crippen LogP contribution < -0.4 is 5.48 Å². The Labute approximate surface area is 161 Å². The van der Waals surface area contributed by atoms with Gasteiger partial charge in [0.05, 0.1) is 22.5 Å². The van der Waals surface area contributed by atoms with Gasteiger partial charge in [-0.1, -0.05) is 30.3 Å².